The molecular formula is C7H10N4O2. The molecule has 1 heterocycles. The minimum Gasteiger partial charge on any atom is -0.480 e. The van der Waals surface area contributed by atoms with E-state index in [0.717, 1.165) is 0 Å². The molecule has 0 amide bonds. The van der Waals surface area contributed by atoms with Crippen LogP contribution in [-0.4, -0.2) is 34.6 Å². The molecule has 1 aromatic rings. The summed E-state index contributed by atoms with van der Waals surface area (Å²) in [7, 11) is 1.60. The zero-order valence-electron chi connectivity index (χ0n) is 7.14. The molecule has 0 radical (unpaired) electrons. The molecular weight excluding hydrogens is 172 g/mol. The molecule has 0 saturated carbocycles. The van der Waals surface area contributed by atoms with Crippen LogP contribution in [-0.2, 0) is 4.79 Å². The normalized spacial score (nSPS) is 9.62. The van der Waals surface area contributed by atoms with Crippen molar-refractivity contribution in [3.63, 3.8) is 0 Å². The molecule has 0 fully saturated rings. The maximum atomic E-state index is 10.3. The van der Waals surface area contributed by atoms with Gasteiger partial charge in [-0.1, -0.05) is 0 Å². The summed E-state index contributed by atoms with van der Waals surface area (Å²) in [6.07, 6.45) is 2.86. The number of nitrogens with two attached hydrogens (primary N) is 1. The van der Waals surface area contributed by atoms with Crippen LogP contribution in [0, 0.1) is 0 Å². The number of rotatable bonds is 3. The Bertz CT molecular complexity index is 298. The molecule has 13 heavy (non-hydrogen) atoms. The topological polar surface area (TPSA) is 92.3 Å². The molecule has 0 aromatic carbocycles. The van der Waals surface area contributed by atoms with Crippen molar-refractivity contribution in [3.05, 3.63) is 12.4 Å². The second-order valence-corrected chi connectivity index (χ2v) is 2.57. The number of anilines is 2. The smallest absolute Gasteiger partial charge is 0.323 e. The van der Waals surface area contributed by atoms with E-state index in [1.165, 1.54) is 17.3 Å². The zero-order chi connectivity index (χ0) is 9.84. The number of carboxylic acids is 1. The third-order valence-electron chi connectivity index (χ3n) is 1.37. The zero-order valence-corrected chi connectivity index (χ0v) is 7.14. The van der Waals surface area contributed by atoms with Gasteiger partial charge in [0.05, 0.1) is 18.1 Å². The first-order valence-electron chi connectivity index (χ1n) is 3.60. The summed E-state index contributed by atoms with van der Waals surface area (Å²) in [5.41, 5.74) is 5.82. The van der Waals surface area contributed by atoms with Crippen molar-refractivity contribution >= 4 is 17.6 Å². The Balaban J connectivity index is 2.71. The molecule has 1 rings (SSSR count). The Morgan fingerprint density at radius 3 is 2.62 bits per heavy atom. The van der Waals surface area contributed by atoms with Crippen LogP contribution < -0.4 is 10.6 Å². The third kappa shape index (κ3) is 2.58. The second-order valence-electron chi connectivity index (χ2n) is 2.57. The number of nitrogen functional groups attached to an aromatic ring is 1. The van der Waals surface area contributed by atoms with E-state index in [9.17, 15) is 4.79 Å². The van der Waals surface area contributed by atoms with Gasteiger partial charge in [0.2, 0.25) is 5.95 Å². The summed E-state index contributed by atoms with van der Waals surface area (Å²) in [5, 5.41) is 8.48. The quantitative estimate of drug-likeness (QED) is 0.659. The molecule has 0 bridgehead atoms. The van der Waals surface area contributed by atoms with Gasteiger partial charge in [0.15, 0.2) is 0 Å². The van der Waals surface area contributed by atoms with Crippen molar-refractivity contribution in [3.8, 4) is 0 Å². The van der Waals surface area contributed by atoms with Crippen molar-refractivity contribution in [1.82, 2.24) is 9.97 Å². The van der Waals surface area contributed by atoms with Crippen LogP contribution in [0.1, 0.15) is 0 Å². The van der Waals surface area contributed by atoms with Crippen molar-refractivity contribution in [1.29, 1.82) is 0 Å². The standard InChI is InChI=1S/C7H10N4O2/c1-11(4-6(12)13)7-9-2-5(8)3-10-7/h2-3H,4,8H2,1H3,(H,12,13). The molecule has 0 unspecified atom stereocenters. The fraction of sp³-hybridized carbons (Fsp3) is 0.286. The average Bonchev–Trinajstić information content (AvgIpc) is 2.04. The predicted octanol–water partition coefficient (Wildman–Crippen LogP) is -0.420. The van der Waals surface area contributed by atoms with Crippen LogP contribution >= 0.6 is 0 Å². The van der Waals surface area contributed by atoms with Gasteiger partial charge in [-0.3, -0.25) is 4.79 Å². The van der Waals surface area contributed by atoms with E-state index in [-0.39, 0.29) is 6.54 Å². The highest BCUT2D eigenvalue weighted by molar-refractivity contribution is 5.72. The van der Waals surface area contributed by atoms with Gasteiger partial charge in [-0.2, -0.15) is 0 Å². The summed E-state index contributed by atoms with van der Waals surface area (Å²) in [6.45, 7) is -0.135. The fourth-order valence-corrected chi connectivity index (χ4v) is 0.802. The Morgan fingerprint density at radius 2 is 2.15 bits per heavy atom. The van der Waals surface area contributed by atoms with E-state index in [2.05, 4.69) is 9.97 Å². The van der Waals surface area contributed by atoms with Crippen LogP contribution in [0.25, 0.3) is 0 Å². The summed E-state index contributed by atoms with van der Waals surface area (Å²) in [4.78, 5) is 19.5. The van der Waals surface area contributed by atoms with E-state index in [1.54, 1.807) is 7.05 Å². The molecule has 6 heteroatoms. The number of aromatic nitrogens is 2. The molecule has 70 valence electrons. The van der Waals surface area contributed by atoms with E-state index in [4.69, 9.17) is 10.8 Å². The lowest BCUT2D eigenvalue weighted by molar-refractivity contribution is -0.135. The first-order valence-corrected chi connectivity index (χ1v) is 3.60. The number of likely N-dealkylation sites (N-methyl/N-ethyl adjacent to an activating group) is 1. The summed E-state index contributed by atoms with van der Waals surface area (Å²) < 4.78 is 0. The van der Waals surface area contributed by atoms with Gasteiger partial charge in [0, 0.05) is 7.05 Å². The van der Waals surface area contributed by atoms with E-state index in [1.807, 2.05) is 0 Å². The molecule has 1 aromatic heterocycles. The number of carbonyl (C=O) groups is 1. The highest BCUT2D eigenvalue weighted by Gasteiger charge is 2.07. The van der Waals surface area contributed by atoms with E-state index < -0.39 is 5.97 Å². The van der Waals surface area contributed by atoms with Crippen molar-refractivity contribution < 1.29 is 9.90 Å². The van der Waals surface area contributed by atoms with Crippen LogP contribution in [0.2, 0.25) is 0 Å². The highest BCUT2D eigenvalue weighted by atomic mass is 16.4. The monoisotopic (exact) mass is 182 g/mol. The lowest BCUT2D eigenvalue weighted by Gasteiger charge is -2.13. The largest absolute Gasteiger partial charge is 0.480 e. The van der Waals surface area contributed by atoms with Gasteiger partial charge in [0.1, 0.15) is 6.54 Å². The summed E-state index contributed by atoms with van der Waals surface area (Å²) in [5.74, 6) is -0.584. The number of nitrogens with zero attached hydrogens (tertiary/aromatic N) is 3. The lowest BCUT2D eigenvalue weighted by Crippen LogP contribution is -2.26. The first kappa shape index (κ1) is 9.24. The molecule has 0 aliphatic heterocycles. The van der Waals surface area contributed by atoms with E-state index >= 15 is 0 Å². The molecule has 0 aliphatic carbocycles. The highest BCUT2D eigenvalue weighted by Crippen LogP contribution is 2.04. The Labute approximate surface area is 75.0 Å². The minimum absolute atomic E-state index is 0.135. The van der Waals surface area contributed by atoms with Crippen LogP contribution in [0.15, 0.2) is 12.4 Å². The summed E-state index contributed by atoms with van der Waals surface area (Å²) >= 11 is 0. The number of hydrogen-bond donors (Lipinski definition) is 2. The van der Waals surface area contributed by atoms with Crippen LogP contribution in [0.4, 0.5) is 11.6 Å². The van der Waals surface area contributed by atoms with Crippen molar-refractivity contribution in [2.75, 3.05) is 24.2 Å². The first-order chi connectivity index (χ1) is 6.09. The molecule has 0 saturated heterocycles. The van der Waals surface area contributed by atoms with Gasteiger partial charge in [0.25, 0.3) is 0 Å². The molecule has 0 atom stereocenters. The Kier molecular flexibility index (Phi) is 2.63. The van der Waals surface area contributed by atoms with Crippen molar-refractivity contribution in [2.45, 2.75) is 0 Å². The van der Waals surface area contributed by atoms with Gasteiger partial charge in [-0.15, -0.1) is 0 Å². The second kappa shape index (κ2) is 3.70. The minimum atomic E-state index is -0.928. The van der Waals surface area contributed by atoms with Crippen LogP contribution in [0.5, 0.6) is 0 Å². The van der Waals surface area contributed by atoms with Gasteiger partial charge in [-0.25, -0.2) is 9.97 Å². The average molecular weight is 182 g/mol. The van der Waals surface area contributed by atoms with E-state index in [0.29, 0.717) is 11.6 Å². The van der Waals surface area contributed by atoms with Crippen LogP contribution in [0.3, 0.4) is 0 Å². The number of hydrogen-bond acceptors (Lipinski definition) is 5. The maximum Gasteiger partial charge on any atom is 0.323 e. The van der Waals surface area contributed by atoms with Crippen molar-refractivity contribution in [2.24, 2.45) is 0 Å². The fourth-order valence-electron chi connectivity index (χ4n) is 0.802. The molecule has 6 nitrogen and oxygen atoms in total. The SMILES string of the molecule is CN(CC(=O)O)c1ncc(N)cn1. The number of aliphatic carboxylic acids is 1. The maximum absolute atomic E-state index is 10.3. The predicted molar refractivity (Wildman–Crippen MR) is 47.4 cm³/mol. The lowest BCUT2D eigenvalue weighted by atomic mass is 10.5. The molecule has 3 N–H and O–H groups in total. The Morgan fingerprint density at radius 1 is 1.62 bits per heavy atom. The Hall–Kier alpha value is -1.85. The third-order valence-corrected chi connectivity index (χ3v) is 1.37. The number of carboxylic acid groups (broad SMARTS) is 1. The van der Waals surface area contributed by atoms with Gasteiger partial charge in [-0.05, 0) is 0 Å². The summed E-state index contributed by atoms with van der Waals surface area (Å²) in [6, 6.07) is 0. The van der Waals surface area contributed by atoms with Gasteiger partial charge < -0.3 is 15.7 Å². The molecule has 0 aliphatic rings. The van der Waals surface area contributed by atoms with Gasteiger partial charge >= 0.3 is 5.97 Å². The molecule has 0 spiro atoms.